The summed E-state index contributed by atoms with van der Waals surface area (Å²) in [6, 6.07) is 8.53. The monoisotopic (exact) mass is 269 g/mol. The predicted molar refractivity (Wildman–Crippen MR) is 74.4 cm³/mol. The summed E-state index contributed by atoms with van der Waals surface area (Å²) in [5.41, 5.74) is 1.42. The molecule has 1 aliphatic heterocycles. The van der Waals surface area contributed by atoms with Crippen LogP contribution in [0.3, 0.4) is 0 Å². The van der Waals surface area contributed by atoms with Crippen molar-refractivity contribution in [3.63, 3.8) is 0 Å². The number of nitrogens with one attached hydrogen (secondary N) is 1. The molecule has 5 heteroatoms. The van der Waals surface area contributed by atoms with Gasteiger partial charge in [0.05, 0.1) is 11.6 Å². The zero-order valence-corrected chi connectivity index (χ0v) is 11.2. The minimum absolute atomic E-state index is 0.128. The molecule has 0 radical (unpaired) electrons. The van der Waals surface area contributed by atoms with Gasteiger partial charge in [0.2, 0.25) is 11.8 Å². The summed E-state index contributed by atoms with van der Waals surface area (Å²) in [6.07, 6.45) is 3.14. The van der Waals surface area contributed by atoms with Crippen molar-refractivity contribution in [2.75, 3.05) is 13.1 Å². The molecule has 20 heavy (non-hydrogen) atoms. The molecule has 0 saturated carbocycles. The number of nitrogens with zero attached hydrogens (tertiary/aromatic N) is 2. The molecule has 1 atom stereocenters. The third-order valence-electron chi connectivity index (χ3n) is 3.24. The summed E-state index contributed by atoms with van der Waals surface area (Å²) in [5.74, 6) is -0.312. The number of benzene rings is 1. The first-order valence-electron chi connectivity index (χ1n) is 6.38. The van der Waals surface area contributed by atoms with Gasteiger partial charge in [-0.1, -0.05) is 12.1 Å². The third kappa shape index (κ3) is 3.04. The fourth-order valence-electron chi connectivity index (χ4n) is 2.02. The molecular weight excluding hydrogens is 254 g/mol. The molecule has 1 aliphatic rings. The standard InChI is InChI=1S/C15H15N3O2/c1-11-15(20)17-8-9-18(11)14(19)7-6-12-2-4-13(10-16)5-3-12/h2-7,11H,8-9H2,1H3,(H,17,20). The Kier molecular flexibility index (Phi) is 4.16. The molecule has 0 spiro atoms. The maximum atomic E-state index is 12.1. The first-order valence-corrected chi connectivity index (χ1v) is 6.38. The van der Waals surface area contributed by atoms with Gasteiger partial charge in [-0.25, -0.2) is 0 Å². The second-order valence-corrected chi connectivity index (χ2v) is 4.57. The number of hydrogen-bond acceptors (Lipinski definition) is 3. The second-order valence-electron chi connectivity index (χ2n) is 4.57. The molecule has 2 amide bonds. The molecule has 1 N–H and O–H groups in total. The van der Waals surface area contributed by atoms with E-state index in [0.717, 1.165) is 5.56 Å². The van der Waals surface area contributed by atoms with Crippen LogP contribution < -0.4 is 5.32 Å². The Hall–Kier alpha value is -2.61. The molecule has 1 fully saturated rings. The molecule has 0 bridgehead atoms. The lowest BCUT2D eigenvalue weighted by Gasteiger charge is -2.31. The van der Waals surface area contributed by atoms with Crippen molar-refractivity contribution in [1.29, 1.82) is 5.26 Å². The van der Waals surface area contributed by atoms with Gasteiger partial charge in [0, 0.05) is 19.2 Å². The number of hydrogen-bond donors (Lipinski definition) is 1. The summed E-state index contributed by atoms with van der Waals surface area (Å²) in [6.45, 7) is 2.71. The quantitative estimate of drug-likeness (QED) is 0.811. The first kappa shape index (κ1) is 13.8. The lowest BCUT2D eigenvalue weighted by atomic mass is 10.1. The van der Waals surface area contributed by atoms with E-state index in [1.165, 1.54) is 6.08 Å². The number of amides is 2. The molecule has 1 unspecified atom stereocenters. The van der Waals surface area contributed by atoms with Gasteiger partial charge in [-0.3, -0.25) is 9.59 Å². The molecule has 0 aliphatic carbocycles. The Morgan fingerprint density at radius 1 is 1.45 bits per heavy atom. The number of carbonyl (C=O) groups is 2. The molecule has 2 rings (SSSR count). The van der Waals surface area contributed by atoms with E-state index < -0.39 is 6.04 Å². The van der Waals surface area contributed by atoms with Gasteiger partial charge in [-0.2, -0.15) is 5.26 Å². The van der Waals surface area contributed by atoms with Gasteiger partial charge in [-0.05, 0) is 30.7 Å². The van der Waals surface area contributed by atoms with Crippen molar-refractivity contribution < 1.29 is 9.59 Å². The Labute approximate surface area is 117 Å². The maximum absolute atomic E-state index is 12.1. The van der Waals surface area contributed by atoms with Gasteiger partial charge in [0.15, 0.2) is 0 Å². The van der Waals surface area contributed by atoms with Crippen LogP contribution in [0.25, 0.3) is 6.08 Å². The van der Waals surface area contributed by atoms with E-state index >= 15 is 0 Å². The van der Waals surface area contributed by atoms with Gasteiger partial charge in [0.25, 0.3) is 0 Å². The summed E-state index contributed by atoms with van der Waals surface area (Å²) < 4.78 is 0. The van der Waals surface area contributed by atoms with Crippen molar-refractivity contribution in [2.24, 2.45) is 0 Å². The van der Waals surface area contributed by atoms with Gasteiger partial charge in [-0.15, -0.1) is 0 Å². The van der Waals surface area contributed by atoms with Crippen LogP contribution in [0.4, 0.5) is 0 Å². The highest BCUT2D eigenvalue weighted by atomic mass is 16.2. The van der Waals surface area contributed by atoms with Gasteiger partial charge < -0.3 is 10.2 Å². The number of rotatable bonds is 2. The Bertz CT molecular complexity index is 584. The molecular formula is C15H15N3O2. The van der Waals surface area contributed by atoms with Crippen molar-refractivity contribution >= 4 is 17.9 Å². The second kappa shape index (κ2) is 6.02. The minimum Gasteiger partial charge on any atom is -0.353 e. The average molecular weight is 269 g/mol. The summed E-state index contributed by atoms with van der Waals surface area (Å²) in [5, 5.41) is 11.4. The number of nitriles is 1. The van der Waals surface area contributed by atoms with E-state index in [4.69, 9.17) is 5.26 Å². The smallest absolute Gasteiger partial charge is 0.247 e. The van der Waals surface area contributed by atoms with Gasteiger partial charge >= 0.3 is 0 Å². The van der Waals surface area contributed by atoms with Crippen LogP contribution >= 0.6 is 0 Å². The van der Waals surface area contributed by atoms with Crippen LogP contribution in [0.2, 0.25) is 0 Å². The largest absolute Gasteiger partial charge is 0.353 e. The van der Waals surface area contributed by atoms with Crippen molar-refractivity contribution in [1.82, 2.24) is 10.2 Å². The van der Waals surface area contributed by atoms with Crippen molar-refractivity contribution in [3.8, 4) is 6.07 Å². The SMILES string of the molecule is CC1C(=O)NCCN1C(=O)C=Cc1ccc(C#N)cc1. The molecule has 1 heterocycles. The number of carbonyl (C=O) groups excluding carboxylic acids is 2. The first-order chi connectivity index (χ1) is 9.61. The van der Waals surface area contributed by atoms with E-state index in [-0.39, 0.29) is 11.8 Å². The van der Waals surface area contributed by atoms with Crippen molar-refractivity contribution in [3.05, 3.63) is 41.5 Å². The highest BCUT2D eigenvalue weighted by Gasteiger charge is 2.27. The lowest BCUT2D eigenvalue weighted by Crippen LogP contribution is -2.55. The lowest BCUT2D eigenvalue weighted by molar-refractivity contribution is -0.139. The average Bonchev–Trinajstić information content (AvgIpc) is 2.48. The minimum atomic E-state index is -0.443. The van der Waals surface area contributed by atoms with E-state index in [9.17, 15) is 9.59 Å². The van der Waals surface area contributed by atoms with Crippen LogP contribution in [0.15, 0.2) is 30.3 Å². The zero-order valence-electron chi connectivity index (χ0n) is 11.2. The van der Waals surface area contributed by atoms with E-state index in [1.807, 2.05) is 6.07 Å². The Morgan fingerprint density at radius 2 is 2.15 bits per heavy atom. The molecule has 1 aromatic carbocycles. The highest BCUT2D eigenvalue weighted by molar-refractivity contribution is 5.96. The number of piperazine rings is 1. The molecule has 5 nitrogen and oxygen atoms in total. The zero-order chi connectivity index (χ0) is 14.5. The van der Waals surface area contributed by atoms with Crippen LogP contribution in [-0.4, -0.2) is 35.8 Å². The van der Waals surface area contributed by atoms with E-state index in [2.05, 4.69) is 5.32 Å². The summed E-state index contributed by atoms with van der Waals surface area (Å²) in [7, 11) is 0. The fourth-order valence-corrected chi connectivity index (χ4v) is 2.02. The highest BCUT2D eigenvalue weighted by Crippen LogP contribution is 2.08. The summed E-state index contributed by atoms with van der Waals surface area (Å²) in [4.78, 5) is 25.1. The Balaban J connectivity index is 2.04. The van der Waals surface area contributed by atoms with Crippen LogP contribution in [0.5, 0.6) is 0 Å². The van der Waals surface area contributed by atoms with Crippen LogP contribution in [-0.2, 0) is 9.59 Å². The van der Waals surface area contributed by atoms with Gasteiger partial charge in [0.1, 0.15) is 6.04 Å². The normalized spacial score (nSPS) is 18.7. The Morgan fingerprint density at radius 3 is 2.80 bits per heavy atom. The van der Waals surface area contributed by atoms with Crippen LogP contribution in [0.1, 0.15) is 18.1 Å². The maximum Gasteiger partial charge on any atom is 0.247 e. The molecule has 1 saturated heterocycles. The van der Waals surface area contributed by atoms with Crippen LogP contribution in [0, 0.1) is 11.3 Å². The predicted octanol–water partition coefficient (Wildman–Crippen LogP) is 0.918. The van der Waals surface area contributed by atoms with E-state index in [1.54, 1.807) is 42.2 Å². The third-order valence-corrected chi connectivity index (χ3v) is 3.24. The molecule has 102 valence electrons. The van der Waals surface area contributed by atoms with E-state index in [0.29, 0.717) is 18.7 Å². The summed E-state index contributed by atoms with van der Waals surface area (Å²) >= 11 is 0. The topological polar surface area (TPSA) is 73.2 Å². The van der Waals surface area contributed by atoms with Crippen molar-refractivity contribution in [2.45, 2.75) is 13.0 Å². The fraction of sp³-hybridized carbons (Fsp3) is 0.267. The molecule has 1 aromatic rings. The molecule has 0 aromatic heterocycles.